The number of aromatic nitrogens is 1. The second-order valence-electron chi connectivity index (χ2n) is 5.86. The Hall–Kier alpha value is -1.57. The van der Waals surface area contributed by atoms with Crippen LogP contribution in [0.1, 0.15) is 30.5 Å². The van der Waals surface area contributed by atoms with Crippen LogP contribution < -0.4 is 5.32 Å². The van der Waals surface area contributed by atoms with Crippen LogP contribution in [0.25, 0.3) is 10.9 Å². The van der Waals surface area contributed by atoms with Gasteiger partial charge in [-0.05, 0) is 49.1 Å². The van der Waals surface area contributed by atoms with Crippen LogP contribution in [0.3, 0.4) is 0 Å². The van der Waals surface area contributed by atoms with Crippen LogP contribution >= 0.6 is 0 Å². The van der Waals surface area contributed by atoms with Crippen LogP contribution in [-0.4, -0.2) is 12.0 Å². The number of nitrogens with zero attached hydrogens (tertiary/aromatic N) is 1. The Labute approximate surface area is 107 Å². The Morgan fingerprint density at radius 2 is 2.00 bits per heavy atom. The predicted octanol–water partition coefficient (Wildman–Crippen LogP) is 3.55. The highest BCUT2D eigenvalue weighted by Crippen LogP contribution is 2.55. The standard InChI is InChI=1S/C16H18N2/c1-17-15-11-4-2-3-5-13(11)18-14-10-16(8-9-16)7-6-12(14)15/h2-5H,6-10H2,1H3,(H,17,18). The molecule has 1 aromatic carbocycles. The molecule has 1 aromatic heterocycles. The Balaban J connectivity index is 1.97. The molecule has 0 radical (unpaired) electrons. The van der Waals surface area contributed by atoms with Gasteiger partial charge in [-0.3, -0.25) is 4.98 Å². The number of hydrogen-bond acceptors (Lipinski definition) is 2. The molecule has 0 aliphatic heterocycles. The van der Waals surface area contributed by atoms with E-state index in [1.165, 1.54) is 54.4 Å². The molecular formula is C16H18N2. The maximum Gasteiger partial charge on any atom is 0.0726 e. The molecule has 4 rings (SSSR count). The van der Waals surface area contributed by atoms with Gasteiger partial charge in [0.15, 0.2) is 0 Å². The van der Waals surface area contributed by atoms with Crippen LogP contribution in [0, 0.1) is 5.41 Å². The van der Waals surface area contributed by atoms with Crippen molar-refractivity contribution in [2.45, 2.75) is 32.1 Å². The van der Waals surface area contributed by atoms with Crippen LogP contribution in [0.4, 0.5) is 5.69 Å². The maximum atomic E-state index is 4.92. The number of benzene rings is 1. The summed E-state index contributed by atoms with van der Waals surface area (Å²) in [6, 6.07) is 8.49. The van der Waals surface area contributed by atoms with Crippen LogP contribution in [0.2, 0.25) is 0 Å². The topological polar surface area (TPSA) is 24.9 Å². The highest BCUT2D eigenvalue weighted by Gasteiger charge is 2.45. The summed E-state index contributed by atoms with van der Waals surface area (Å²) in [5, 5.41) is 4.67. The van der Waals surface area contributed by atoms with Crippen molar-refractivity contribution in [1.82, 2.24) is 4.98 Å². The number of fused-ring (bicyclic) bond motifs is 2. The molecule has 1 saturated carbocycles. The van der Waals surface area contributed by atoms with Gasteiger partial charge in [0, 0.05) is 23.8 Å². The third kappa shape index (κ3) is 1.38. The van der Waals surface area contributed by atoms with E-state index in [4.69, 9.17) is 4.98 Å². The second kappa shape index (κ2) is 3.47. The molecule has 1 spiro atoms. The monoisotopic (exact) mass is 238 g/mol. The summed E-state index contributed by atoms with van der Waals surface area (Å²) < 4.78 is 0. The molecular weight excluding hydrogens is 220 g/mol. The fourth-order valence-electron chi connectivity index (χ4n) is 3.44. The van der Waals surface area contributed by atoms with E-state index in [1.807, 2.05) is 7.05 Å². The van der Waals surface area contributed by atoms with Gasteiger partial charge in [-0.15, -0.1) is 0 Å². The van der Waals surface area contributed by atoms with Gasteiger partial charge in [-0.2, -0.15) is 0 Å². The number of pyridine rings is 1. The first-order valence-electron chi connectivity index (χ1n) is 6.90. The number of para-hydroxylation sites is 1. The summed E-state index contributed by atoms with van der Waals surface area (Å²) in [5.74, 6) is 0. The zero-order chi connectivity index (χ0) is 12.2. The fourth-order valence-corrected chi connectivity index (χ4v) is 3.44. The lowest BCUT2D eigenvalue weighted by molar-refractivity contribution is 0.432. The summed E-state index contributed by atoms with van der Waals surface area (Å²) in [6.45, 7) is 0. The lowest BCUT2D eigenvalue weighted by atomic mass is 9.83. The Bertz CT molecular complexity index is 626. The zero-order valence-electron chi connectivity index (χ0n) is 10.8. The second-order valence-corrected chi connectivity index (χ2v) is 5.86. The van der Waals surface area contributed by atoms with Gasteiger partial charge >= 0.3 is 0 Å². The van der Waals surface area contributed by atoms with Gasteiger partial charge in [0.05, 0.1) is 5.52 Å². The van der Waals surface area contributed by atoms with Gasteiger partial charge in [-0.25, -0.2) is 0 Å². The summed E-state index contributed by atoms with van der Waals surface area (Å²) in [4.78, 5) is 4.92. The largest absolute Gasteiger partial charge is 0.387 e. The van der Waals surface area contributed by atoms with Crippen LogP contribution in [0.15, 0.2) is 24.3 Å². The van der Waals surface area contributed by atoms with Gasteiger partial charge in [0.1, 0.15) is 0 Å². The molecule has 1 fully saturated rings. The van der Waals surface area contributed by atoms with E-state index >= 15 is 0 Å². The lowest BCUT2D eigenvalue weighted by Crippen LogP contribution is -2.18. The Morgan fingerprint density at radius 3 is 2.78 bits per heavy atom. The molecule has 2 aliphatic rings. The Kier molecular flexibility index (Phi) is 2.00. The number of hydrogen-bond donors (Lipinski definition) is 1. The summed E-state index contributed by atoms with van der Waals surface area (Å²) in [7, 11) is 2.03. The number of nitrogens with one attached hydrogen (secondary N) is 1. The molecule has 0 amide bonds. The van der Waals surface area contributed by atoms with Crippen molar-refractivity contribution in [1.29, 1.82) is 0 Å². The van der Waals surface area contributed by atoms with Crippen molar-refractivity contribution >= 4 is 16.6 Å². The van der Waals surface area contributed by atoms with Crippen LogP contribution in [0.5, 0.6) is 0 Å². The molecule has 2 nitrogen and oxygen atoms in total. The first-order valence-corrected chi connectivity index (χ1v) is 6.90. The summed E-state index contributed by atoms with van der Waals surface area (Å²) in [5.41, 5.74) is 5.90. The molecule has 0 bridgehead atoms. The zero-order valence-corrected chi connectivity index (χ0v) is 10.8. The molecule has 2 aromatic rings. The summed E-state index contributed by atoms with van der Waals surface area (Å²) >= 11 is 0. The lowest BCUT2D eigenvalue weighted by Gasteiger charge is -2.26. The SMILES string of the molecule is CNc1c2c(nc3ccccc13)CC1(CC2)CC1. The van der Waals surface area contributed by atoms with E-state index < -0.39 is 0 Å². The molecule has 1 N–H and O–H groups in total. The number of rotatable bonds is 1. The van der Waals surface area contributed by atoms with E-state index in [-0.39, 0.29) is 0 Å². The Morgan fingerprint density at radius 1 is 1.17 bits per heavy atom. The highest BCUT2D eigenvalue weighted by molar-refractivity contribution is 5.93. The summed E-state index contributed by atoms with van der Waals surface area (Å²) in [6.07, 6.45) is 6.57. The molecule has 2 heteroatoms. The average molecular weight is 238 g/mol. The van der Waals surface area contributed by atoms with Crippen molar-refractivity contribution in [2.24, 2.45) is 5.41 Å². The van der Waals surface area contributed by atoms with Gasteiger partial charge in [-0.1, -0.05) is 18.2 Å². The van der Waals surface area contributed by atoms with Gasteiger partial charge < -0.3 is 5.32 Å². The molecule has 2 aliphatic carbocycles. The average Bonchev–Trinajstić information content (AvgIpc) is 3.15. The predicted molar refractivity (Wildman–Crippen MR) is 75.0 cm³/mol. The first kappa shape index (κ1) is 10.4. The minimum absolute atomic E-state index is 0.632. The third-order valence-electron chi connectivity index (χ3n) is 4.73. The highest BCUT2D eigenvalue weighted by atomic mass is 14.9. The fraction of sp³-hybridized carbons (Fsp3) is 0.438. The van der Waals surface area contributed by atoms with Gasteiger partial charge in [0.2, 0.25) is 0 Å². The van der Waals surface area contributed by atoms with Crippen molar-refractivity contribution in [3.05, 3.63) is 35.5 Å². The quantitative estimate of drug-likeness (QED) is 0.822. The van der Waals surface area contributed by atoms with Crippen molar-refractivity contribution in [3.63, 3.8) is 0 Å². The first-order chi connectivity index (χ1) is 8.81. The van der Waals surface area contributed by atoms with Gasteiger partial charge in [0.25, 0.3) is 0 Å². The van der Waals surface area contributed by atoms with Crippen molar-refractivity contribution < 1.29 is 0 Å². The minimum Gasteiger partial charge on any atom is -0.387 e. The molecule has 18 heavy (non-hydrogen) atoms. The van der Waals surface area contributed by atoms with E-state index in [0.717, 1.165) is 5.52 Å². The molecule has 0 saturated heterocycles. The van der Waals surface area contributed by atoms with Crippen molar-refractivity contribution in [3.8, 4) is 0 Å². The smallest absolute Gasteiger partial charge is 0.0726 e. The molecule has 0 unspecified atom stereocenters. The normalized spacial score (nSPS) is 19.8. The third-order valence-corrected chi connectivity index (χ3v) is 4.73. The van der Waals surface area contributed by atoms with E-state index in [2.05, 4.69) is 29.6 Å². The van der Waals surface area contributed by atoms with Crippen LogP contribution in [-0.2, 0) is 12.8 Å². The maximum absolute atomic E-state index is 4.92. The molecule has 0 atom stereocenters. The minimum atomic E-state index is 0.632. The number of anilines is 1. The van der Waals surface area contributed by atoms with E-state index in [1.54, 1.807) is 0 Å². The van der Waals surface area contributed by atoms with Crippen molar-refractivity contribution in [2.75, 3.05) is 12.4 Å². The van der Waals surface area contributed by atoms with E-state index in [9.17, 15) is 0 Å². The van der Waals surface area contributed by atoms with E-state index in [0.29, 0.717) is 5.41 Å². The molecule has 1 heterocycles. The molecule has 92 valence electrons.